The van der Waals surface area contributed by atoms with Crippen LogP contribution in [0.25, 0.3) is 28.0 Å². The third-order valence-corrected chi connectivity index (χ3v) is 7.38. The van der Waals surface area contributed by atoms with Gasteiger partial charge in [-0.2, -0.15) is 0 Å². The summed E-state index contributed by atoms with van der Waals surface area (Å²) in [4.78, 5) is 26.7. The van der Waals surface area contributed by atoms with Gasteiger partial charge in [0.15, 0.2) is 4.90 Å². The summed E-state index contributed by atoms with van der Waals surface area (Å²) in [5, 5.41) is 9.90. The Hall–Kier alpha value is -3.31. The van der Waals surface area contributed by atoms with Gasteiger partial charge in [-0.05, 0) is 35.4 Å². The van der Waals surface area contributed by atoms with E-state index in [0.717, 1.165) is 5.39 Å². The maximum absolute atomic E-state index is 14.2. The Kier molecular flexibility index (Phi) is 7.01. The van der Waals surface area contributed by atoms with Crippen molar-refractivity contribution in [2.45, 2.75) is 4.90 Å². The molecule has 5 rings (SSSR count). The summed E-state index contributed by atoms with van der Waals surface area (Å²) < 4.78 is 28.4. The summed E-state index contributed by atoms with van der Waals surface area (Å²) in [6.45, 7) is 3.31. The SMILES string of the molecule is C[S+]([O-])c1cn(-c2ncc(-c3ccccc3F)cn2)c2cc(C(=O)N3CCN(CCO)CC3)ccc12. The Morgan fingerprint density at radius 1 is 1.11 bits per heavy atom. The average Bonchev–Trinajstić information content (AvgIpc) is 3.29. The summed E-state index contributed by atoms with van der Waals surface area (Å²) in [5.74, 6) is -0.105. The number of aliphatic hydroxyl groups is 1. The van der Waals surface area contributed by atoms with Gasteiger partial charge >= 0.3 is 0 Å². The molecule has 10 heteroatoms. The number of β-amino-alcohol motifs (C(OH)–C–C–N with tert-alkyl or cyclic N) is 1. The normalized spacial score (nSPS) is 15.4. The van der Waals surface area contributed by atoms with E-state index in [-0.39, 0.29) is 18.3 Å². The van der Waals surface area contributed by atoms with Crippen LogP contribution in [0.3, 0.4) is 0 Å². The van der Waals surface area contributed by atoms with E-state index in [0.29, 0.717) is 65.8 Å². The molecule has 0 saturated carbocycles. The molecule has 1 N–H and O–H groups in total. The van der Waals surface area contributed by atoms with E-state index in [1.807, 2.05) is 6.07 Å². The summed E-state index contributed by atoms with van der Waals surface area (Å²) in [6, 6.07) is 11.8. The van der Waals surface area contributed by atoms with Crippen molar-refractivity contribution in [2.75, 3.05) is 45.6 Å². The molecule has 2 aromatic carbocycles. The molecule has 1 fully saturated rings. The fourth-order valence-electron chi connectivity index (χ4n) is 4.50. The Labute approximate surface area is 211 Å². The highest BCUT2D eigenvalue weighted by Gasteiger charge is 2.24. The van der Waals surface area contributed by atoms with E-state index in [1.54, 1.807) is 64.6 Å². The molecule has 1 unspecified atom stereocenters. The van der Waals surface area contributed by atoms with Crippen LogP contribution in [0.5, 0.6) is 0 Å². The van der Waals surface area contributed by atoms with Crippen LogP contribution in [-0.4, -0.2) is 85.5 Å². The minimum absolute atomic E-state index is 0.0803. The third-order valence-electron chi connectivity index (χ3n) is 6.44. The van der Waals surface area contributed by atoms with Gasteiger partial charge < -0.3 is 14.6 Å². The number of halogens is 1. The van der Waals surface area contributed by atoms with Crippen molar-refractivity contribution < 1.29 is 18.8 Å². The van der Waals surface area contributed by atoms with Crippen molar-refractivity contribution in [1.29, 1.82) is 0 Å². The highest BCUT2D eigenvalue weighted by Crippen LogP contribution is 2.29. The number of piperazine rings is 1. The second-order valence-electron chi connectivity index (χ2n) is 8.66. The first kappa shape index (κ1) is 24.4. The van der Waals surface area contributed by atoms with Crippen LogP contribution < -0.4 is 0 Å². The maximum atomic E-state index is 14.2. The number of hydrogen-bond acceptors (Lipinski definition) is 6. The van der Waals surface area contributed by atoms with Crippen LogP contribution >= 0.6 is 0 Å². The minimum atomic E-state index is -1.27. The molecular formula is C26H26FN5O3S. The van der Waals surface area contributed by atoms with E-state index in [2.05, 4.69) is 14.9 Å². The zero-order valence-electron chi connectivity index (χ0n) is 19.8. The highest BCUT2D eigenvalue weighted by atomic mass is 32.2. The third kappa shape index (κ3) is 4.72. The lowest BCUT2D eigenvalue weighted by molar-refractivity contribution is 0.0615. The predicted octanol–water partition coefficient (Wildman–Crippen LogP) is 2.71. The number of amides is 1. The van der Waals surface area contributed by atoms with Gasteiger partial charge in [0.2, 0.25) is 5.95 Å². The molecule has 36 heavy (non-hydrogen) atoms. The molecule has 186 valence electrons. The minimum Gasteiger partial charge on any atom is -0.612 e. The zero-order chi connectivity index (χ0) is 25.2. The van der Waals surface area contributed by atoms with Crippen molar-refractivity contribution in [1.82, 2.24) is 24.3 Å². The molecule has 4 aromatic rings. The molecule has 0 aliphatic carbocycles. The first-order valence-corrected chi connectivity index (χ1v) is 13.2. The van der Waals surface area contributed by atoms with Gasteiger partial charge in [0.1, 0.15) is 12.1 Å². The van der Waals surface area contributed by atoms with E-state index in [9.17, 15) is 13.7 Å². The van der Waals surface area contributed by atoms with Crippen molar-refractivity contribution in [3.05, 3.63) is 72.4 Å². The fourth-order valence-corrected chi connectivity index (χ4v) is 5.24. The Balaban J connectivity index is 1.48. The van der Waals surface area contributed by atoms with Crippen LogP contribution in [0, 0.1) is 5.82 Å². The molecule has 1 saturated heterocycles. The van der Waals surface area contributed by atoms with Crippen LogP contribution in [0.2, 0.25) is 0 Å². The van der Waals surface area contributed by atoms with E-state index in [4.69, 9.17) is 5.11 Å². The summed E-state index contributed by atoms with van der Waals surface area (Å²) >= 11 is -1.27. The number of carbonyl (C=O) groups is 1. The van der Waals surface area contributed by atoms with Gasteiger partial charge in [0.25, 0.3) is 5.91 Å². The molecule has 1 amide bonds. The quantitative estimate of drug-likeness (QED) is 0.403. The molecule has 0 radical (unpaired) electrons. The number of nitrogens with zero attached hydrogens (tertiary/aromatic N) is 5. The Bertz CT molecular complexity index is 1380. The van der Waals surface area contributed by atoms with Crippen molar-refractivity contribution in [3.63, 3.8) is 0 Å². The predicted molar refractivity (Wildman–Crippen MR) is 136 cm³/mol. The van der Waals surface area contributed by atoms with Crippen LogP contribution in [0.1, 0.15) is 10.4 Å². The lowest BCUT2D eigenvalue weighted by Crippen LogP contribution is -2.49. The Morgan fingerprint density at radius 3 is 2.50 bits per heavy atom. The smallest absolute Gasteiger partial charge is 0.254 e. The molecule has 1 atom stereocenters. The number of benzene rings is 2. The van der Waals surface area contributed by atoms with Crippen LogP contribution in [0.15, 0.2) is 66.0 Å². The lowest BCUT2D eigenvalue weighted by atomic mass is 10.1. The molecular weight excluding hydrogens is 481 g/mol. The number of fused-ring (bicyclic) bond motifs is 1. The molecule has 3 heterocycles. The van der Waals surface area contributed by atoms with Crippen molar-refractivity contribution >= 4 is 28.0 Å². The maximum Gasteiger partial charge on any atom is 0.254 e. The number of aromatic nitrogens is 3. The van der Waals surface area contributed by atoms with Gasteiger partial charge in [0, 0.05) is 61.8 Å². The van der Waals surface area contributed by atoms with E-state index >= 15 is 0 Å². The average molecular weight is 508 g/mol. The topological polar surface area (TPSA) is 97.5 Å². The van der Waals surface area contributed by atoms with E-state index < -0.39 is 11.2 Å². The van der Waals surface area contributed by atoms with Crippen molar-refractivity contribution in [2.24, 2.45) is 0 Å². The van der Waals surface area contributed by atoms with Gasteiger partial charge in [-0.15, -0.1) is 0 Å². The van der Waals surface area contributed by atoms with Gasteiger partial charge in [-0.1, -0.05) is 18.2 Å². The molecule has 2 aromatic heterocycles. The molecule has 8 nitrogen and oxygen atoms in total. The first-order valence-electron chi connectivity index (χ1n) is 11.6. The largest absolute Gasteiger partial charge is 0.612 e. The summed E-state index contributed by atoms with van der Waals surface area (Å²) in [6.07, 6.45) is 6.43. The second kappa shape index (κ2) is 10.4. The van der Waals surface area contributed by atoms with Gasteiger partial charge in [0.05, 0.1) is 23.7 Å². The molecule has 1 aliphatic rings. The molecule has 1 aliphatic heterocycles. The van der Waals surface area contributed by atoms with Crippen LogP contribution in [0.4, 0.5) is 4.39 Å². The zero-order valence-corrected chi connectivity index (χ0v) is 20.6. The second-order valence-corrected chi connectivity index (χ2v) is 10.0. The number of aliphatic hydroxyl groups excluding tert-OH is 1. The standard InChI is InChI=1S/C26H26FN5O3S/c1-36(35)24-17-32(26-28-15-19(16-29-26)20-4-2-3-5-22(20)27)23-14-18(6-7-21(23)24)25(34)31-10-8-30(9-11-31)12-13-33/h2-7,14-17,33H,8-13H2,1H3. The monoisotopic (exact) mass is 507 g/mol. The van der Waals surface area contributed by atoms with E-state index in [1.165, 1.54) is 6.07 Å². The molecule has 0 spiro atoms. The number of hydrogen-bond donors (Lipinski definition) is 1. The van der Waals surface area contributed by atoms with Gasteiger partial charge in [-0.3, -0.25) is 14.3 Å². The van der Waals surface area contributed by atoms with Crippen LogP contribution in [-0.2, 0) is 11.2 Å². The highest BCUT2D eigenvalue weighted by molar-refractivity contribution is 7.91. The van der Waals surface area contributed by atoms with Crippen molar-refractivity contribution in [3.8, 4) is 17.1 Å². The summed E-state index contributed by atoms with van der Waals surface area (Å²) in [5.41, 5.74) is 2.14. The first-order chi connectivity index (χ1) is 17.5. The van der Waals surface area contributed by atoms with Gasteiger partial charge in [-0.25, -0.2) is 14.4 Å². The lowest BCUT2D eigenvalue weighted by Gasteiger charge is -2.34. The fraction of sp³-hybridized carbons (Fsp3) is 0.269. The molecule has 0 bridgehead atoms. The number of rotatable bonds is 6. The Morgan fingerprint density at radius 2 is 1.83 bits per heavy atom. The number of carbonyl (C=O) groups excluding carboxylic acids is 1. The summed E-state index contributed by atoms with van der Waals surface area (Å²) in [7, 11) is 0.